The van der Waals surface area contributed by atoms with Crippen molar-refractivity contribution in [2.24, 2.45) is 5.73 Å². The summed E-state index contributed by atoms with van der Waals surface area (Å²) in [6.07, 6.45) is 0. The van der Waals surface area contributed by atoms with Crippen molar-refractivity contribution in [3.8, 4) is 0 Å². The molecule has 0 aliphatic carbocycles. The van der Waals surface area contributed by atoms with Crippen LogP contribution in [0.1, 0.15) is 0 Å². The van der Waals surface area contributed by atoms with Crippen LogP contribution in [0.15, 0.2) is 30.3 Å². The molecule has 1 aliphatic rings. The summed E-state index contributed by atoms with van der Waals surface area (Å²) in [5.74, 6) is 0.598. The van der Waals surface area contributed by atoms with Gasteiger partial charge in [-0.3, -0.25) is 4.90 Å². The third-order valence-corrected chi connectivity index (χ3v) is 3.80. The van der Waals surface area contributed by atoms with E-state index in [9.17, 15) is 4.39 Å². The van der Waals surface area contributed by atoms with Crippen LogP contribution in [-0.2, 0) is 0 Å². The third-order valence-electron chi connectivity index (χ3n) is 3.80. The topological polar surface area (TPSA) is 45.4 Å². The van der Waals surface area contributed by atoms with Gasteiger partial charge in [0.1, 0.15) is 17.2 Å². The van der Waals surface area contributed by atoms with Crippen molar-refractivity contribution < 1.29 is 4.39 Å². The molecule has 1 aromatic heterocycles. The van der Waals surface area contributed by atoms with Crippen molar-refractivity contribution in [2.45, 2.75) is 0 Å². The van der Waals surface area contributed by atoms with Gasteiger partial charge < -0.3 is 10.6 Å². The van der Waals surface area contributed by atoms with Gasteiger partial charge in [0.2, 0.25) is 0 Å². The van der Waals surface area contributed by atoms with E-state index in [1.807, 2.05) is 18.2 Å². The van der Waals surface area contributed by atoms with Crippen molar-refractivity contribution in [1.82, 2.24) is 9.88 Å². The number of hydrogen-bond donors (Lipinski definition) is 1. The second-order valence-electron chi connectivity index (χ2n) is 5.10. The summed E-state index contributed by atoms with van der Waals surface area (Å²) < 4.78 is 13.8. The molecule has 0 atom stereocenters. The Morgan fingerprint density at radius 3 is 2.65 bits per heavy atom. The quantitative estimate of drug-likeness (QED) is 0.920. The molecule has 20 heavy (non-hydrogen) atoms. The highest BCUT2D eigenvalue weighted by Gasteiger charge is 2.17. The molecule has 0 saturated carbocycles. The number of benzene rings is 1. The van der Waals surface area contributed by atoms with Crippen LogP contribution in [0.3, 0.4) is 0 Å². The lowest BCUT2D eigenvalue weighted by Gasteiger charge is -2.35. The molecule has 2 N–H and O–H groups in total. The Bertz CT molecular complexity index is 593. The van der Waals surface area contributed by atoms with Crippen molar-refractivity contribution in [1.29, 1.82) is 0 Å². The van der Waals surface area contributed by atoms with E-state index in [0.29, 0.717) is 12.1 Å². The first-order chi connectivity index (χ1) is 9.78. The number of hydrogen-bond acceptors (Lipinski definition) is 4. The molecule has 3 rings (SSSR count). The zero-order valence-electron chi connectivity index (χ0n) is 11.4. The van der Waals surface area contributed by atoms with Gasteiger partial charge in [0.25, 0.3) is 0 Å². The van der Waals surface area contributed by atoms with E-state index in [0.717, 1.165) is 43.9 Å². The number of halogens is 1. The van der Waals surface area contributed by atoms with Crippen molar-refractivity contribution in [3.05, 3.63) is 36.1 Å². The maximum Gasteiger partial charge on any atom is 0.149 e. The van der Waals surface area contributed by atoms with E-state index in [1.165, 1.54) is 6.07 Å². The Hall–Kier alpha value is -1.72. The maximum atomic E-state index is 13.8. The highest BCUT2D eigenvalue weighted by molar-refractivity contribution is 5.80. The fourth-order valence-electron chi connectivity index (χ4n) is 2.66. The first kappa shape index (κ1) is 13.3. The van der Waals surface area contributed by atoms with Gasteiger partial charge in [-0.15, -0.1) is 0 Å². The van der Waals surface area contributed by atoms with E-state index in [2.05, 4.69) is 14.8 Å². The minimum atomic E-state index is -0.258. The predicted molar refractivity (Wildman–Crippen MR) is 79.4 cm³/mol. The lowest BCUT2D eigenvalue weighted by atomic mass is 10.2. The van der Waals surface area contributed by atoms with Gasteiger partial charge in [0.05, 0.1) is 0 Å². The summed E-state index contributed by atoms with van der Waals surface area (Å²) in [6.45, 7) is 5.41. The summed E-state index contributed by atoms with van der Waals surface area (Å²) in [4.78, 5) is 9.03. The summed E-state index contributed by atoms with van der Waals surface area (Å²) in [6, 6.07) is 8.96. The molecule has 0 radical (unpaired) electrons. The average Bonchev–Trinajstić information content (AvgIpc) is 2.49. The molecular formula is C15H19FN4. The van der Waals surface area contributed by atoms with Crippen LogP contribution in [0.25, 0.3) is 10.9 Å². The number of anilines is 1. The van der Waals surface area contributed by atoms with Gasteiger partial charge >= 0.3 is 0 Å². The molecule has 1 saturated heterocycles. The van der Waals surface area contributed by atoms with Crippen LogP contribution < -0.4 is 10.6 Å². The second-order valence-corrected chi connectivity index (χ2v) is 5.10. The fraction of sp³-hybridized carbons (Fsp3) is 0.400. The van der Waals surface area contributed by atoms with Crippen LogP contribution in [0.2, 0.25) is 0 Å². The van der Waals surface area contributed by atoms with Crippen molar-refractivity contribution in [2.75, 3.05) is 44.2 Å². The highest BCUT2D eigenvalue weighted by Crippen LogP contribution is 2.21. The number of para-hydroxylation sites is 1. The van der Waals surface area contributed by atoms with Gasteiger partial charge in [-0.25, -0.2) is 9.37 Å². The lowest BCUT2D eigenvalue weighted by Crippen LogP contribution is -2.48. The number of fused-ring (bicyclic) bond motifs is 1. The van der Waals surface area contributed by atoms with E-state index in [-0.39, 0.29) is 5.82 Å². The number of nitrogens with zero attached hydrogens (tertiary/aromatic N) is 3. The molecule has 0 spiro atoms. The van der Waals surface area contributed by atoms with E-state index >= 15 is 0 Å². The fourth-order valence-corrected chi connectivity index (χ4v) is 2.66. The Morgan fingerprint density at radius 1 is 1.10 bits per heavy atom. The van der Waals surface area contributed by atoms with Crippen LogP contribution in [0.5, 0.6) is 0 Å². The minimum Gasteiger partial charge on any atom is -0.354 e. The Morgan fingerprint density at radius 2 is 1.90 bits per heavy atom. The molecule has 2 heterocycles. The summed E-state index contributed by atoms with van der Waals surface area (Å²) in [7, 11) is 0. The average molecular weight is 274 g/mol. The van der Waals surface area contributed by atoms with Crippen LogP contribution in [-0.4, -0.2) is 49.2 Å². The molecule has 0 unspecified atom stereocenters. The Balaban J connectivity index is 1.79. The van der Waals surface area contributed by atoms with E-state index in [1.54, 1.807) is 6.07 Å². The zero-order valence-corrected chi connectivity index (χ0v) is 11.4. The first-order valence-corrected chi connectivity index (χ1v) is 7.00. The van der Waals surface area contributed by atoms with E-state index < -0.39 is 0 Å². The van der Waals surface area contributed by atoms with Gasteiger partial charge in [0, 0.05) is 44.7 Å². The monoisotopic (exact) mass is 274 g/mol. The molecule has 0 bridgehead atoms. The van der Waals surface area contributed by atoms with Crippen LogP contribution >= 0.6 is 0 Å². The molecule has 4 nitrogen and oxygen atoms in total. The SMILES string of the molecule is NCCN1CCN(c2ccc3cccc(F)c3n2)CC1. The molecule has 1 aliphatic heterocycles. The Labute approximate surface area is 118 Å². The summed E-state index contributed by atoms with van der Waals surface area (Å²) in [5, 5.41) is 0.843. The molecular weight excluding hydrogens is 255 g/mol. The number of rotatable bonds is 3. The van der Waals surface area contributed by atoms with Gasteiger partial charge in [-0.2, -0.15) is 0 Å². The number of aromatic nitrogens is 1. The van der Waals surface area contributed by atoms with Gasteiger partial charge in [-0.05, 0) is 18.2 Å². The second kappa shape index (κ2) is 5.73. The maximum absolute atomic E-state index is 13.8. The molecule has 0 amide bonds. The largest absolute Gasteiger partial charge is 0.354 e. The molecule has 106 valence electrons. The summed E-state index contributed by atoms with van der Waals surface area (Å²) in [5.41, 5.74) is 6.03. The van der Waals surface area contributed by atoms with Crippen LogP contribution in [0.4, 0.5) is 10.2 Å². The first-order valence-electron chi connectivity index (χ1n) is 7.00. The number of piperazine rings is 1. The lowest BCUT2D eigenvalue weighted by molar-refractivity contribution is 0.264. The van der Waals surface area contributed by atoms with Crippen molar-refractivity contribution in [3.63, 3.8) is 0 Å². The standard InChI is InChI=1S/C15H19FN4/c16-13-3-1-2-12-4-5-14(18-15(12)13)20-10-8-19(7-6-17)9-11-20/h1-5H,6-11,17H2. The molecule has 1 fully saturated rings. The molecule has 1 aromatic carbocycles. The van der Waals surface area contributed by atoms with Gasteiger partial charge in [-0.1, -0.05) is 12.1 Å². The van der Waals surface area contributed by atoms with Crippen LogP contribution in [0, 0.1) is 5.82 Å². The van der Waals surface area contributed by atoms with Gasteiger partial charge in [0.15, 0.2) is 0 Å². The Kier molecular flexibility index (Phi) is 3.80. The van der Waals surface area contributed by atoms with Crippen molar-refractivity contribution >= 4 is 16.7 Å². The molecule has 5 heteroatoms. The minimum absolute atomic E-state index is 0.258. The number of pyridine rings is 1. The predicted octanol–water partition coefficient (Wildman–Crippen LogP) is 1.45. The normalized spacial score (nSPS) is 16.8. The summed E-state index contributed by atoms with van der Waals surface area (Å²) >= 11 is 0. The zero-order chi connectivity index (χ0) is 13.9. The smallest absolute Gasteiger partial charge is 0.149 e. The molecule has 2 aromatic rings. The highest BCUT2D eigenvalue weighted by atomic mass is 19.1. The van der Waals surface area contributed by atoms with E-state index in [4.69, 9.17) is 5.73 Å². The third kappa shape index (κ3) is 2.59. The number of nitrogens with two attached hydrogens (primary N) is 1.